The lowest BCUT2D eigenvalue weighted by Gasteiger charge is -2.32. The van der Waals surface area contributed by atoms with E-state index >= 15 is 0 Å². The van der Waals surface area contributed by atoms with Crippen LogP contribution in [0.2, 0.25) is 0 Å². The average Bonchev–Trinajstić information content (AvgIpc) is 3.53. The lowest BCUT2D eigenvalue weighted by atomic mass is 9.83. The quantitative estimate of drug-likeness (QED) is 0.167. The van der Waals surface area contributed by atoms with Gasteiger partial charge in [0.1, 0.15) is 17.7 Å². The zero-order valence-corrected chi connectivity index (χ0v) is 28.4. The van der Waals surface area contributed by atoms with Gasteiger partial charge in [-0.3, -0.25) is 14.2 Å². The van der Waals surface area contributed by atoms with Gasteiger partial charge in [0.05, 0.1) is 24.6 Å². The van der Waals surface area contributed by atoms with Crippen LogP contribution >= 0.6 is 7.60 Å². The van der Waals surface area contributed by atoms with Gasteiger partial charge >= 0.3 is 13.7 Å². The summed E-state index contributed by atoms with van der Waals surface area (Å²) in [6, 6.07) is 6.23. The Morgan fingerprint density at radius 1 is 0.978 bits per heavy atom. The summed E-state index contributed by atoms with van der Waals surface area (Å²) in [6.45, 7) is 5.17. The number of rotatable bonds is 16. The second-order valence-electron chi connectivity index (χ2n) is 12.8. The molecule has 3 rings (SSSR count). The van der Waals surface area contributed by atoms with Crippen molar-refractivity contribution in [3.8, 4) is 0 Å². The van der Waals surface area contributed by atoms with Gasteiger partial charge in [0, 0.05) is 39.0 Å². The molecule has 5 N–H and O–H groups in total. The van der Waals surface area contributed by atoms with Gasteiger partial charge in [0.15, 0.2) is 0 Å². The first-order valence-electron chi connectivity index (χ1n) is 15.8. The third kappa shape index (κ3) is 12.5. The highest BCUT2D eigenvalue weighted by Crippen LogP contribution is 2.47. The minimum absolute atomic E-state index is 0.0585. The smallest absolute Gasteiger partial charge is 0.408 e. The molecule has 0 aliphatic heterocycles. The average molecular weight is 664 g/mol. The van der Waals surface area contributed by atoms with Gasteiger partial charge < -0.3 is 39.8 Å². The number of aromatic nitrogens is 2. The lowest BCUT2D eigenvalue weighted by molar-refractivity contribution is -0.130. The van der Waals surface area contributed by atoms with Crippen LogP contribution in [0.4, 0.5) is 4.79 Å². The van der Waals surface area contributed by atoms with Crippen LogP contribution in [0.15, 0.2) is 42.9 Å². The Bertz CT molecular complexity index is 1270. The maximum atomic E-state index is 13.9. The first kappa shape index (κ1) is 37.2. The maximum absolute atomic E-state index is 13.9. The number of H-pyrrole nitrogens is 1. The second kappa shape index (κ2) is 17.6. The van der Waals surface area contributed by atoms with Crippen molar-refractivity contribution in [3.63, 3.8) is 0 Å². The normalized spacial score (nSPS) is 16.9. The summed E-state index contributed by atoms with van der Waals surface area (Å²) in [6.07, 6.45) is 6.53. The topological polar surface area (TPSA) is 181 Å². The van der Waals surface area contributed by atoms with E-state index in [9.17, 15) is 24.1 Å². The molecule has 0 bridgehead atoms. The molecule has 1 aliphatic rings. The molecule has 1 aromatic carbocycles. The monoisotopic (exact) mass is 663 g/mol. The predicted molar refractivity (Wildman–Crippen MR) is 173 cm³/mol. The number of nitrogens with zero attached hydrogens (tertiary/aromatic N) is 1. The molecular weight excluding hydrogens is 613 g/mol. The summed E-state index contributed by atoms with van der Waals surface area (Å²) in [5.74, 6) is -0.891. The Morgan fingerprint density at radius 2 is 1.61 bits per heavy atom. The van der Waals surface area contributed by atoms with Gasteiger partial charge in [-0.15, -0.1) is 0 Å². The third-order valence-electron chi connectivity index (χ3n) is 7.97. The maximum Gasteiger partial charge on any atom is 0.408 e. The van der Waals surface area contributed by atoms with Crippen LogP contribution in [0, 0.1) is 5.92 Å². The summed E-state index contributed by atoms with van der Waals surface area (Å²) in [4.78, 5) is 47.5. The van der Waals surface area contributed by atoms with Crippen molar-refractivity contribution >= 4 is 25.5 Å². The summed E-state index contributed by atoms with van der Waals surface area (Å²) >= 11 is 0. The van der Waals surface area contributed by atoms with E-state index in [1.165, 1.54) is 20.5 Å². The van der Waals surface area contributed by atoms with Crippen LogP contribution in [0.5, 0.6) is 0 Å². The molecule has 1 aliphatic carbocycles. The Kier molecular flexibility index (Phi) is 14.2. The summed E-state index contributed by atoms with van der Waals surface area (Å²) in [5, 5.41) is 19.6. The van der Waals surface area contributed by atoms with E-state index in [1.54, 1.807) is 27.0 Å². The summed E-state index contributed by atoms with van der Waals surface area (Å²) in [5.41, 5.74) is 0.600. The van der Waals surface area contributed by atoms with E-state index in [4.69, 9.17) is 13.8 Å². The van der Waals surface area contributed by atoms with Gasteiger partial charge in [-0.25, -0.2) is 9.78 Å². The standard InChI is InChI=1S/C32H50N5O8P/c1-32(2,3)45-31(41)37-26(17-23-14-10-7-11-15-23)29(39)36-27(18-24-19-33-21-34-24)30(40)35-25(16-22-12-8-6-9-13-22)28(38)20-46(42,43-4)44-5/h7,10-11,14-15,19,21-22,25-28,38H,6,8-9,12-13,16-18,20H2,1-5H3,(H,33,34)(H,35,40)(H,36,39)(H,37,41)/t25-,26+,27-,28-/m1/s1. The number of hydrogen-bond acceptors (Lipinski definition) is 9. The van der Waals surface area contributed by atoms with Crippen molar-refractivity contribution in [3.05, 3.63) is 54.1 Å². The number of alkyl carbamates (subject to hydrolysis) is 1. The van der Waals surface area contributed by atoms with E-state index in [0.717, 1.165) is 37.7 Å². The number of nitrogens with one attached hydrogen (secondary N) is 4. The molecule has 4 atom stereocenters. The Balaban J connectivity index is 1.85. The summed E-state index contributed by atoms with van der Waals surface area (Å²) in [7, 11) is -1.09. The van der Waals surface area contributed by atoms with Crippen molar-refractivity contribution in [2.75, 3.05) is 20.4 Å². The van der Waals surface area contributed by atoms with Crippen LogP contribution in [-0.2, 0) is 40.8 Å². The van der Waals surface area contributed by atoms with Crippen molar-refractivity contribution < 1.29 is 37.8 Å². The van der Waals surface area contributed by atoms with E-state index in [0.29, 0.717) is 12.1 Å². The largest absolute Gasteiger partial charge is 0.444 e. The highest BCUT2D eigenvalue weighted by Gasteiger charge is 2.36. The third-order valence-corrected chi connectivity index (χ3v) is 9.91. The molecule has 13 nitrogen and oxygen atoms in total. The second-order valence-corrected chi connectivity index (χ2v) is 15.1. The van der Waals surface area contributed by atoms with Crippen molar-refractivity contribution in [2.24, 2.45) is 5.92 Å². The molecule has 46 heavy (non-hydrogen) atoms. The lowest BCUT2D eigenvalue weighted by Crippen LogP contribution is -2.58. The minimum Gasteiger partial charge on any atom is -0.444 e. The van der Waals surface area contributed by atoms with Crippen molar-refractivity contribution in [1.29, 1.82) is 0 Å². The van der Waals surface area contributed by atoms with Crippen LogP contribution in [0.1, 0.15) is 70.6 Å². The number of carbonyl (C=O) groups excluding carboxylic acids is 3. The predicted octanol–water partition coefficient (Wildman–Crippen LogP) is 3.88. The van der Waals surface area contributed by atoms with Crippen LogP contribution in [0.3, 0.4) is 0 Å². The first-order valence-corrected chi connectivity index (χ1v) is 17.5. The fourth-order valence-electron chi connectivity index (χ4n) is 5.56. The highest BCUT2D eigenvalue weighted by atomic mass is 31.2. The number of imidazole rings is 1. The Morgan fingerprint density at radius 3 is 2.20 bits per heavy atom. The van der Waals surface area contributed by atoms with Gasteiger partial charge in [-0.05, 0) is 38.7 Å². The Hall–Kier alpha value is -3.25. The first-order chi connectivity index (χ1) is 21.8. The molecule has 2 aromatic rings. The molecular formula is C32H50N5O8P. The molecule has 0 radical (unpaired) electrons. The molecule has 3 amide bonds. The number of ether oxygens (including phenoxy) is 1. The highest BCUT2D eigenvalue weighted by molar-refractivity contribution is 7.53. The molecule has 1 heterocycles. The minimum atomic E-state index is -3.59. The van der Waals surface area contributed by atoms with Gasteiger partial charge in [-0.1, -0.05) is 62.4 Å². The number of carbonyl (C=O) groups is 3. The number of aliphatic hydroxyl groups is 1. The molecule has 1 saturated carbocycles. The molecule has 0 spiro atoms. The zero-order valence-electron chi connectivity index (χ0n) is 27.5. The number of aromatic amines is 1. The summed E-state index contributed by atoms with van der Waals surface area (Å²) < 4.78 is 28.4. The molecule has 0 saturated heterocycles. The van der Waals surface area contributed by atoms with Crippen molar-refractivity contribution in [1.82, 2.24) is 25.9 Å². The zero-order chi connectivity index (χ0) is 33.7. The SMILES string of the molecule is COP(=O)(C[C@@H](O)[C@@H](CC1CCCCC1)NC(=O)[C@@H](Cc1cnc[nH]1)NC(=O)[C@H](Cc1ccccc1)NC(=O)OC(C)(C)C)OC. The fourth-order valence-corrected chi connectivity index (χ4v) is 6.72. The van der Waals surface area contributed by atoms with Gasteiger partial charge in [0.2, 0.25) is 11.8 Å². The number of amides is 3. The molecule has 256 valence electrons. The van der Waals surface area contributed by atoms with E-state index < -0.39 is 55.3 Å². The van der Waals surface area contributed by atoms with Crippen LogP contribution in [-0.4, -0.2) is 83.2 Å². The fraction of sp³-hybridized carbons (Fsp3) is 0.625. The number of aliphatic hydroxyl groups excluding tert-OH is 1. The van der Waals surface area contributed by atoms with E-state index in [-0.39, 0.29) is 24.9 Å². The van der Waals surface area contributed by atoms with Gasteiger partial charge in [0.25, 0.3) is 0 Å². The van der Waals surface area contributed by atoms with E-state index in [2.05, 4.69) is 25.9 Å². The molecule has 14 heteroatoms. The molecule has 0 unspecified atom stereocenters. The van der Waals surface area contributed by atoms with Crippen molar-refractivity contribution in [2.45, 2.75) is 102 Å². The number of hydrogen-bond donors (Lipinski definition) is 5. The van der Waals surface area contributed by atoms with Crippen LogP contribution in [0.25, 0.3) is 0 Å². The van der Waals surface area contributed by atoms with E-state index in [1.807, 2.05) is 30.3 Å². The van der Waals surface area contributed by atoms with Gasteiger partial charge in [-0.2, -0.15) is 0 Å². The molecule has 1 fully saturated rings. The van der Waals surface area contributed by atoms with Crippen LogP contribution < -0.4 is 16.0 Å². The Labute approximate surface area is 271 Å². The number of benzene rings is 1. The molecule has 1 aromatic heterocycles.